The molecule has 4 heterocycles. The van der Waals surface area contributed by atoms with Gasteiger partial charge in [-0.15, -0.1) is 0 Å². The van der Waals surface area contributed by atoms with Gasteiger partial charge in [0.1, 0.15) is 11.3 Å². The van der Waals surface area contributed by atoms with Gasteiger partial charge in [0.05, 0.1) is 22.9 Å². The minimum Gasteiger partial charge on any atom is -0.337 e. The van der Waals surface area contributed by atoms with Gasteiger partial charge in [0.15, 0.2) is 11.1 Å². The average Bonchev–Trinajstić information content (AvgIpc) is 3.07. The molecule has 1 aliphatic heterocycles. The molecule has 0 spiro atoms. The molecule has 3 aromatic heterocycles. The third-order valence-electron chi connectivity index (χ3n) is 4.54. The van der Waals surface area contributed by atoms with Crippen LogP contribution in [0.5, 0.6) is 0 Å². The number of aromatic amines is 1. The Balaban J connectivity index is 1.78. The maximum Gasteiger partial charge on any atom is 0.173 e. The van der Waals surface area contributed by atoms with Crippen LogP contribution in [-0.4, -0.2) is 37.6 Å². The highest BCUT2D eigenvalue weighted by Gasteiger charge is 2.20. The molecule has 4 rings (SSSR count). The Kier molecular flexibility index (Phi) is 4.45. The third-order valence-corrected chi connectivity index (χ3v) is 5.20. The van der Waals surface area contributed by atoms with E-state index in [9.17, 15) is 0 Å². The van der Waals surface area contributed by atoms with Crippen molar-refractivity contribution in [3.63, 3.8) is 0 Å². The molecule has 0 saturated carbocycles. The molecule has 25 heavy (non-hydrogen) atoms. The predicted octanol–water partition coefficient (Wildman–Crippen LogP) is 2.46. The first-order valence-corrected chi connectivity index (χ1v) is 8.87. The zero-order valence-corrected chi connectivity index (χ0v) is 14.9. The number of aromatic nitrogens is 5. The molecule has 1 aliphatic rings. The van der Waals surface area contributed by atoms with E-state index in [4.69, 9.17) is 33.6 Å². The first kappa shape index (κ1) is 16.5. The molecule has 7 nitrogen and oxygen atoms in total. The summed E-state index contributed by atoms with van der Waals surface area (Å²) < 4.78 is 1.86. The lowest BCUT2D eigenvalue weighted by Gasteiger charge is -2.20. The van der Waals surface area contributed by atoms with Crippen LogP contribution in [-0.2, 0) is 6.54 Å². The molecule has 3 N–H and O–H groups in total. The molecule has 130 valence electrons. The Morgan fingerprint density at radius 2 is 1.92 bits per heavy atom. The summed E-state index contributed by atoms with van der Waals surface area (Å²) in [4.78, 5) is 16.2. The van der Waals surface area contributed by atoms with E-state index in [-0.39, 0.29) is 5.49 Å². The summed E-state index contributed by atoms with van der Waals surface area (Å²) in [5, 5.41) is 12.4. The Bertz CT molecular complexity index is 952. The van der Waals surface area contributed by atoms with Crippen LogP contribution in [0, 0.1) is 5.41 Å². The summed E-state index contributed by atoms with van der Waals surface area (Å²) in [5.74, 6) is 1.29. The zero-order valence-electron chi connectivity index (χ0n) is 13.4. The van der Waals surface area contributed by atoms with Gasteiger partial charge in [0, 0.05) is 23.9 Å². The number of imidazole rings is 1. The van der Waals surface area contributed by atoms with E-state index in [2.05, 4.69) is 20.3 Å². The Labute approximate surface area is 153 Å². The van der Waals surface area contributed by atoms with E-state index >= 15 is 0 Å². The number of piperidine rings is 1. The predicted molar refractivity (Wildman–Crippen MR) is 95.9 cm³/mol. The second-order valence-electron chi connectivity index (χ2n) is 6.15. The van der Waals surface area contributed by atoms with Gasteiger partial charge in [0.25, 0.3) is 0 Å². The van der Waals surface area contributed by atoms with Crippen molar-refractivity contribution in [1.29, 1.82) is 5.41 Å². The van der Waals surface area contributed by atoms with Crippen LogP contribution >= 0.6 is 23.2 Å². The topological polar surface area (TPSA) is 95.3 Å². The van der Waals surface area contributed by atoms with Crippen molar-refractivity contribution in [2.75, 3.05) is 13.1 Å². The van der Waals surface area contributed by atoms with Crippen molar-refractivity contribution < 1.29 is 0 Å². The smallest absolute Gasteiger partial charge is 0.173 e. The lowest BCUT2D eigenvalue weighted by atomic mass is 9.98. The molecule has 1 saturated heterocycles. The van der Waals surface area contributed by atoms with Gasteiger partial charge in [-0.1, -0.05) is 23.2 Å². The van der Waals surface area contributed by atoms with Crippen molar-refractivity contribution in [1.82, 2.24) is 29.8 Å². The molecule has 0 bridgehead atoms. The Morgan fingerprint density at radius 1 is 1.20 bits per heavy atom. The summed E-state index contributed by atoms with van der Waals surface area (Å²) in [6.45, 7) is 2.38. The Morgan fingerprint density at radius 3 is 2.64 bits per heavy atom. The van der Waals surface area contributed by atoms with E-state index in [1.54, 1.807) is 18.7 Å². The van der Waals surface area contributed by atoms with Gasteiger partial charge >= 0.3 is 0 Å². The monoisotopic (exact) mass is 377 g/mol. The summed E-state index contributed by atoms with van der Waals surface area (Å²) in [5.41, 5.74) is 2.27. The van der Waals surface area contributed by atoms with Crippen molar-refractivity contribution in [2.45, 2.75) is 25.3 Å². The molecule has 3 aromatic rings. The molecule has 9 heteroatoms. The lowest BCUT2D eigenvalue weighted by Crippen LogP contribution is -2.27. The lowest BCUT2D eigenvalue weighted by molar-refractivity contribution is 0.448. The van der Waals surface area contributed by atoms with Crippen molar-refractivity contribution in [2.24, 2.45) is 0 Å². The van der Waals surface area contributed by atoms with Crippen LogP contribution in [0.2, 0.25) is 10.0 Å². The van der Waals surface area contributed by atoms with Crippen LogP contribution in [0.1, 0.15) is 30.1 Å². The fourth-order valence-electron chi connectivity index (χ4n) is 3.17. The van der Waals surface area contributed by atoms with E-state index < -0.39 is 0 Å². The van der Waals surface area contributed by atoms with E-state index in [1.165, 1.54) is 0 Å². The fraction of sp³-hybridized carbons (Fsp3) is 0.375. The Hall–Kier alpha value is -1.96. The molecule has 0 unspecified atom stereocenters. The number of halogens is 2. The van der Waals surface area contributed by atoms with Gasteiger partial charge in [-0.2, -0.15) is 0 Å². The fourth-order valence-corrected chi connectivity index (χ4v) is 3.65. The van der Waals surface area contributed by atoms with Gasteiger partial charge in [-0.25, -0.2) is 9.97 Å². The number of fused-ring (bicyclic) bond motifs is 1. The van der Waals surface area contributed by atoms with Crippen LogP contribution < -0.4 is 10.8 Å². The van der Waals surface area contributed by atoms with Gasteiger partial charge in [-0.05, 0) is 25.9 Å². The van der Waals surface area contributed by atoms with Crippen LogP contribution in [0.3, 0.4) is 0 Å². The van der Waals surface area contributed by atoms with Gasteiger partial charge in [0.2, 0.25) is 0 Å². The van der Waals surface area contributed by atoms with E-state index in [0.29, 0.717) is 33.7 Å². The maximum absolute atomic E-state index is 8.08. The van der Waals surface area contributed by atoms with Crippen molar-refractivity contribution in [3.8, 4) is 0 Å². The average molecular weight is 378 g/mol. The van der Waals surface area contributed by atoms with Crippen LogP contribution in [0.25, 0.3) is 11.2 Å². The van der Waals surface area contributed by atoms with Crippen LogP contribution in [0.15, 0.2) is 18.7 Å². The molecule has 1 fully saturated rings. The van der Waals surface area contributed by atoms with Crippen molar-refractivity contribution >= 4 is 34.4 Å². The number of H-pyrrole nitrogens is 1. The summed E-state index contributed by atoms with van der Waals surface area (Å²) >= 11 is 12.5. The molecular weight excluding hydrogens is 361 g/mol. The maximum atomic E-state index is 8.08. The molecule has 0 radical (unpaired) electrons. The first-order chi connectivity index (χ1) is 12.1. The summed E-state index contributed by atoms with van der Waals surface area (Å²) in [6, 6.07) is 0. The van der Waals surface area contributed by atoms with E-state index in [0.717, 1.165) is 37.3 Å². The highest BCUT2D eigenvalue weighted by atomic mass is 35.5. The number of hydrogen-bond acceptors (Lipinski definition) is 5. The standard InChI is InChI=1S/C16H17Cl2N7/c17-11-5-21-6-12(18)10(11)7-25-8-22-14(19)13-16(25)24-15(23-13)9-1-3-20-4-2-9/h5-6,8-9,19-20H,1-4,7H2,(H,23,24). The summed E-state index contributed by atoms with van der Waals surface area (Å²) in [7, 11) is 0. The molecule has 0 aromatic carbocycles. The SMILES string of the molecule is N=c1ncn(Cc2c(Cl)cncc2Cl)c2nc(C3CCNCC3)[nH]c12. The van der Waals surface area contributed by atoms with Crippen LogP contribution in [0.4, 0.5) is 0 Å². The van der Waals surface area contributed by atoms with Crippen molar-refractivity contribution in [3.05, 3.63) is 45.6 Å². The quantitative estimate of drug-likeness (QED) is 0.653. The van der Waals surface area contributed by atoms with Gasteiger partial charge < -0.3 is 14.9 Å². The summed E-state index contributed by atoms with van der Waals surface area (Å²) in [6.07, 6.45) is 6.80. The second-order valence-corrected chi connectivity index (χ2v) is 6.96. The highest BCUT2D eigenvalue weighted by Crippen LogP contribution is 2.26. The largest absolute Gasteiger partial charge is 0.337 e. The zero-order chi connectivity index (χ0) is 17.4. The minimum atomic E-state index is 0.186. The van der Waals surface area contributed by atoms with E-state index in [1.807, 2.05) is 4.57 Å². The van der Waals surface area contributed by atoms with Gasteiger partial charge in [-0.3, -0.25) is 10.4 Å². The minimum absolute atomic E-state index is 0.186. The number of nitrogens with zero attached hydrogens (tertiary/aromatic N) is 4. The highest BCUT2D eigenvalue weighted by molar-refractivity contribution is 6.35. The normalized spacial score (nSPS) is 15.8. The first-order valence-electron chi connectivity index (χ1n) is 8.11. The molecular formula is C16H17Cl2N7. The number of rotatable bonds is 3. The number of hydrogen-bond donors (Lipinski definition) is 3. The third kappa shape index (κ3) is 3.15. The molecule has 0 aliphatic carbocycles. The second kappa shape index (κ2) is 6.74. The molecule has 0 atom stereocenters. The number of nitrogens with one attached hydrogen (secondary N) is 3. The number of pyridine rings is 1. The molecule has 0 amide bonds.